The van der Waals surface area contributed by atoms with Gasteiger partial charge in [0.15, 0.2) is 0 Å². The molecule has 0 unspecified atom stereocenters. The minimum absolute atomic E-state index is 0.0891. The van der Waals surface area contributed by atoms with Gasteiger partial charge < -0.3 is 14.8 Å². The summed E-state index contributed by atoms with van der Waals surface area (Å²) in [5.41, 5.74) is 2.44. The minimum Gasteiger partial charge on any atom is -0.492 e. The second-order valence-electron chi connectivity index (χ2n) is 10.3. The highest BCUT2D eigenvalue weighted by molar-refractivity contribution is 5.92. The molecule has 0 spiro atoms. The van der Waals surface area contributed by atoms with Crippen molar-refractivity contribution in [2.75, 3.05) is 33.4 Å². The molecular weight excluding hydrogens is 416 g/mol. The molecule has 4 rings (SSSR count). The first-order chi connectivity index (χ1) is 15.8. The molecule has 1 aromatic heterocycles. The fraction of sp³-hybridized carbons (Fsp3) is 0.615. The summed E-state index contributed by atoms with van der Waals surface area (Å²) in [6.07, 6.45) is 4.50. The molecule has 1 amide bonds. The van der Waals surface area contributed by atoms with Gasteiger partial charge in [0.2, 0.25) is 0 Å². The SMILES string of the molecule is CN(CCOc1cccc(CNC(=O)c2cc(C3CC3)nn2C(C)(C)C)c1)C1CCOCC1. The average molecular weight is 455 g/mol. The van der Waals surface area contributed by atoms with Crippen molar-refractivity contribution < 1.29 is 14.3 Å². The molecule has 0 radical (unpaired) electrons. The van der Waals surface area contributed by atoms with Gasteiger partial charge in [0.1, 0.15) is 18.1 Å². The number of carbonyl (C=O) groups excluding carboxylic acids is 1. The number of amides is 1. The zero-order valence-corrected chi connectivity index (χ0v) is 20.5. The van der Waals surface area contributed by atoms with Crippen LogP contribution in [0.4, 0.5) is 0 Å². The summed E-state index contributed by atoms with van der Waals surface area (Å²) in [7, 11) is 2.15. The first kappa shape index (κ1) is 23.8. The van der Waals surface area contributed by atoms with Crippen molar-refractivity contribution in [3.05, 3.63) is 47.3 Å². The average Bonchev–Trinajstić information content (AvgIpc) is 3.55. The molecule has 0 atom stereocenters. The van der Waals surface area contributed by atoms with Gasteiger partial charge in [0.25, 0.3) is 5.91 Å². The number of nitrogens with zero attached hydrogens (tertiary/aromatic N) is 3. The Labute approximate surface area is 197 Å². The Morgan fingerprint density at radius 2 is 1.97 bits per heavy atom. The third-order valence-electron chi connectivity index (χ3n) is 6.47. The molecule has 2 heterocycles. The lowest BCUT2D eigenvalue weighted by atomic mass is 10.1. The standard InChI is InChI=1S/C26H38N4O3/c1-26(2,3)30-24(17-23(28-30)20-8-9-20)25(31)27-18-19-6-5-7-22(16-19)33-15-12-29(4)21-10-13-32-14-11-21/h5-7,16-17,20-21H,8-15,18H2,1-4H3,(H,27,31). The smallest absolute Gasteiger partial charge is 0.269 e. The van der Waals surface area contributed by atoms with E-state index in [-0.39, 0.29) is 11.4 Å². The molecule has 1 saturated carbocycles. The number of rotatable bonds is 9. The molecular formula is C26H38N4O3. The molecule has 1 saturated heterocycles. The third kappa shape index (κ3) is 6.36. The van der Waals surface area contributed by atoms with Crippen molar-refractivity contribution in [2.45, 2.75) is 70.5 Å². The van der Waals surface area contributed by atoms with Gasteiger partial charge in [-0.15, -0.1) is 0 Å². The largest absolute Gasteiger partial charge is 0.492 e. The van der Waals surface area contributed by atoms with Gasteiger partial charge in [-0.05, 0) is 77.3 Å². The van der Waals surface area contributed by atoms with Crippen LogP contribution in [0.25, 0.3) is 0 Å². The van der Waals surface area contributed by atoms with Crippen LogP contribution >= 0.6 is 0 Å². The summed E-state index contributed by atoms with van der Waals surface area (Å²) in [5, 5.41) is 7.81. The lowest BCUT2D eigenvalue weighted by Crippen LogP contribution is -2.38. The van der Waals surface area contributed by atoms with Crippen molar-refractivity contribution in [3.63, 3.8) is 0 Å². The number of hydrogen-bond acceptors (Lipinski definition) is 5. The van der Waals surface area contributed by atoms with Crippen LogP contribution in [0, 0.1) is 0 Å². The van der Waals surface area contributed by atoms with Crippen molar-refractivity contribution in [1.82, 2.24) is 20.0 Å². The first-order valence-electron chi connectivity index (χ1n) is 12.2. The molecule has 180 valence electrons. The minimum atomic E-state index is -0.245. The molecule has 1 aromatic carbocycles. The monoisotopic (exact) mass is 454 g/mol. The highest BCUT2D eigenvalue weighted by Gasteiger charge is 2.31. The fourth-order valence-corrected chi connectivity index (χ4v) is 4.29. The van der Waals surface area contributed by atoms with Crippen LogP contribution in [-0.2, 0) is 16.8 Å². The molecule has 2 fully saturated rings. The zero-order valence-electron chi connectivity index (χ0n) is 20.5. The molecule has 2 aromatic rings. The van der Waals surface area contributed by atoms with Gasteiger partial charge in [-0.3, -0.25) is 14.4 Å². The van der Waals surface area contributed by atoms with E-state index in [0.29, 0.717) is 30.8 Å². The second kappa shape index (κ2) is 10.3. The highest BCUT2D eigenvalue weighted by Crippen LogP contribution is 2.40. The third-order valence-corrected chi connectivity index (χ3v) is 6.47. The van der Waals surface area contributed by atoms with E-state index in [1.807, 2.05) is 35.0 Å². The van der Waals surface area contributed by atoms with E-state index >= 15 is 0 Å². The molecule has 7 nitrogen and oxygen atoms in total. The molecule has 1 N–H and O–H groups in total. The molecule has 2 aliphatic rings. The van der Waals surface area contributed by atoms with Crippen LogP contribution in [0.15, 0.2) is 30.3 Å². The van der Waals surface area contributed by atoms with Crippen molar-refractivity contribution in [3.8, 4) is 5.75 Å². The summed E-state index contributed by atoms with van der Waals surface area (Å²) in [4.78, 5) is 15.4. The van der Waals surface area contributed by atoms with Crippen molar-refractivity contribution >= 4 is 5.91 Å². The summed E-state index contributed by atoms with van der Waals surface area (Å²) in [5.74, 6) is 1.26. The molecule has 0 bridgehead atoms. The zero-order chi connectivity index (χ0) is 23.4. The van der Waals surface area contributed by atoms with E-state index in [1.54, 1.807) is 0 Å². The van der Waals surface area contributed by atoms with Crippen LogP contribution < -0.4 is 10.1 Å². The maximum Gasteiger partial charge on any atom is 0.269 e. The van der Waals surface area contributed by atoms with E-state index in [1.165, 1.54) is 12.8 Å². The van der Waals surface area contributed by atoms with Crippen LogP contribution in [0.2, 0.25) is 0 Å². The first-order valence-corrected chi connectivity index (χ1v) is 12.2. The van der Waals surface area contributed by atoms with E-state index in [4.69, 9.17) is 14.6 Å². The highest BCUT2D eigenvalue weighted by atomic mass is 16.5. The quantitative estimate of drug-likeness (QED) is 0.622. The Kier molecular flexibility index (Phi) is 7.39. The number of ether oxygens (including phenoxy) is 2. The molecule has 33 heavy (non-hydrogen) atoms. The van der Waals surface area contributed by atoms with Gasteiger partial charge in [-0.1, -0.05) is 12.1 Å². The van der Waals surface area contributed by atoms with Crippen LogP contribution in [0.5, 0.6) is 5.75 Å². The summed E-state index contributed by atoms with van der Waals surface area (Å²) in [6.45, 7) is 9.90. The summed E-state index contributed by atoms with van der Waals surface area (Å²) < 4.78 is 13.3. The number of likely N-dealkylation sites (N-methyl/N-ethyl adjacent to an activating group) is 1. The van der Waals surface area contributed by atoms with Gasteiger partial charge >= 0.3 is 0 Å². The van der Waals surface area contributed by atoms with Gasteiger partial charge in [0.05, 0.1) is 11.2 Å². The van der Waals surface area contributed by atoms with Crippen molar-refractivity contribution in [1.29, 1.82) is 0 Å². The van der Waals surface area contributed by atoms with E-state index in [9.17, 15) is 4.79 Å². The van der Waals surface area contributed by atoms with Crippen LogP contribution in [0.3, 0.4) is 0 Å². The Bertz CT molecular complexity index is 939. The predicted octanol–water partition coefficient (Wildman–Crippen LogP) is 3.94. The molecule has 1 aliphatic carbocycles. The lowest BCUT2D eigenvalue weighted by molar-refractivity contribution is 0.0392. The topological polar surface area (TPSA) is 68.6 Å². The number of benzene rings is 1. The molecule has 7 heteroatoms. The second-order valence-corrected chi connectivity index (χ2v) is 10.3. The summed E-state index contributed by atoms with van der Waals surface area (Å²) in [6, 6.07) is 10.5. The number of nitrogens with one attached hydrogen (secondary N) is 1. The van der Waals surface area contributed by atoms with Gasteiger partial charge in [-0.25, -0.2) is 0 Å². The van der Waals surface area contributed by atoms with E-state index in [0.717, 1.165) is 49.6 Å². The maximum atomic E-state index is 13.0. The number of carbonyl (C=O) groups is 1. The van der Waals surface area contributed by atoms with Crippen molar-refractivity contribution in [2.24, 2.45) is 0 Å². The number of hydrogen-bond donors (Lipinski definition) is 1. The van der Waals surface area contributed by atoms with E-state index < -0.39 is 0 Å². The van der Waals surface area contributed by atoms with Gasteiger partial charge in [-0.2, -0.15) is 5.10 Å². The Morgan fingerprint density at radius 3 is 2.67 bits per heavy atom. The maximum absolute atomic E-state index is 13.0. The van der Waals surface area contributed by atoms with E-state index in [2.05, 4.69) is 38.0 Å². The Morgan fingerprint density at radius 1 is 1.21 bits per heavy atom. The number of aromatic nitrogens is 2. The normalized spacial score (nSPS) is 17.4. The van der Waals surface area contributed by atoms with Crippen LogP contribution in [-0.4, -0.2) is 60.0 Å². The Hall–Kier alpha value is -2.38. The molecule has 1 aliphatic heterocycles. The predicted molar refractivity (Wildman–Crippen MR) is 129 cm³/mol. The Balaban J connectivity index is 1.30. The van der Waals surface area contributed by atoms with Gasteiger partial charge in [0, 0.05) is 38.3 Å². The summed E-state index contributed by atoms with van der Waals surface area (Å²) >= 11 is 0. The fourth-order valence-electron chi connectivity index (χ4n) is 4.29. The lowest BCUT2D eigenvalue weighted by Gasteiger charge is -2.31. The van der Waals surface area contributed by atoms with Crippen LogP contribution in [0.1, 0.15) is 74.1 Å².